The Kier molecular flexibility index (Phi) is 5.12. The maximum absolute atomic E-state index is 12.1. The molecule has 2 aromatic rings. The molecule has 1 fully saturated rings. The molecule has 0 aliphatic carbocycles. The number of nitro benzene ring substituents is 1. The van der Waals surface area contributed by atoms with E-state index >= 15 is 0 Å². The van der Waals surface area contributed by atoms with Gasteiger partial charge in [-0.05, 0) is 23.3 Å². The highest BCUT2D eigenvalue weighted by atomic mass is 16.6. The smallest absolute Gasteiger partial charge is 0.414 e. The second kappa shape index (κ2) is 7.64. The molecule has 0 atom stereocenters. The molecule has 0 spiro atoms. The van der Waals surface area contributed by atoms with Crippen molar-refractivity contribution in [1.82, 2.24) is 5.32 Å². The van der Waals surface area contributed by atoms with Crippen LogP contribution in [0, 0.1) is 10.1 Å². The number of benzene rings is 2. The number of amides is 2. The molecule has 0 aromatic heterocycles. The topological polar surface area (TPSA) is 102 Å². The molecule has 8 heteroatoms. The van der Waals surface area contributed by atoms with E-state index in [4.69, 9.17) is 4.74 Å². The number of carbonyl (C=O) groups excluding carboxylic acids is 2. The van der Waals surface area contributed by atoms with E-state index < -0.39 is 4.92 Å². The molecule has 0 radical (unpaired) electrons. The summed E-state index contributed by atoms with van der Waals surface area (Å²) in [6, 6.07) is 13.2. The molecule has 26 heavy (non-hydrogen) atoms. The van der Waals surface area contributed by atoms with Gasteiger partial charge in [0.05, 0.1) is 17.9 Å². The van der Waals surface area contributed by atoms with Gasteiger partial charge in [-0.15, -0.1) is 0 Å². The number of non-ortho nitro benzene ring substituents is 1. The lowest BCUT2D eigenvalue weighted by Gasteiger charge is -2.14. The third-order valence-corrected chi connectivity index (χ3v) is 3.98. The van der Waals surface area contributed by atoms with Gasteiger partial charge in [0.25, 0.3) is 5.69 Å². The van der Waals surface area contributed by atoms with Gasteiger partial charge in [0.2, 0.25) is 5.91 Å². The lowest BCUT2D eigenvalue weighted by atomic mass is 10.1. The Morgan fingerprint density at radius 1 is 1.19 bits per heavy atom. The van der Waals surface area contributed by atoms with E-state index in [-0.39, 0.29) is 24.1 Å². The molecular weight excluding hydrogens is 338 g/mol. The molecule has 1 saturated heterocycles. The van der Waals surface area contributed by atoms with Crippen molar-refractivity contribution in [2.75, 3.05) is 18.1 Å². The number of anilines is 1. The summed E-state index contributed by atoms with van der Waals surface area (Å²) in [6.45, 7) is 1.20. The summed E-state index contributed by atoms with van der Waals surface area (Å²) in [4.78, 5) is 35.4. The maximum atomic E-state index is 12.1. The van der Waals surface area contributed by atoms with E-state index in [0.29, 0.717) is 25.3 Å². The van der Waals surface area contributed by atoms with Crippen molar-refractivity contribution in [2.24, 2.45) is 0 Å². The van der Waals surface area contributed by atoms with E-state index in [2.05, 4.69) is 5.32 Å². The Morgan fingerprint density at radius 3 is 2.62 bits per heavy atom. The fourth-order valence-electron chi connectivity index (χ4n) is 2.65. The monoisotopic (exact) mass is 355 g/mol. The number of ether oxygens (including phenoxy) is 1. The minimum Gasteiger partial charge on any atom is -0.447 e. The molecule has 134 valence electrons. The highest BCUT2D eigenvalue weighted by molar-refractivity contribution is 5.89. The number of nitro groups is 1. The summed E-state index contributed by atoms with van der Waals surface area (Å²) < 4.78 is 4.92. The highest BCUT2D eigenvalue weighted by Gasteiger charge is 2.23. The average Bonchev–Trinajstić information content (AvgIpc) is 3.07. The number of rotatable bonds is 6. The standard InChI is InChI=1S/C18H17N3O5/c22-17(11-13-4-6-15(7-5-13)21(24)25)19-12-14-2-1-3-16(10-14)20-8-9-26-18(20)23/h1-7,10H,8-9,11-12H2,(H,19,22). The van der Waals surface area contributed by atoms with Crippen LogP contribution in [0.4, 0.5) is 16.2 Å². The van der Waals surface area contributed by atoms with Gasteiger partial charge in [-0.1, -0.05) is 24.3 Å². The van der Waals surface area contributed by atoms with Gasteiger partial charge in [0.1, 0.15) is 6.61 Å². The van der Waals surface area contributed by atoms with Crippen LogP contribution in [0.2, 0.25) is 0 Å². The second-order valence-electron chi connectivity index (χ2n) is 5.81. The SMILES string of the molecule is O=C(Cc1ccc([N+](=O)[O-])cc1)NCc1cccc(N2CCOC2=O)c1. The summed E-state index contributed by atoms with van der Waals surface area (Å²) >= 11 is 0. The Labute approximate surface area is 149 Å². The number of hydrogen-bond acceptors (Lipinski definition) is 5. The zero-order chi connectivity index (χ0) is 18.5. The molecule has 2 amide bonds. The minimum absolute atomic E-state index is 0.00795. The predicted molar refractivity (Wildman–Crippen MR) is 93.8 cm³/mol. The highest BCUT2D eigenvalue weighted by Crippen LogP contribution is 2.20. The van der Waals surface area contributed by atoms with E-state index in [9.17, 15) is 19.7 Å². The lowest BCUT2D eigenvalue weighted by Crippen LogP contribution is -2.25. The first-order valence-corrected chi connectivity index (χ1v) is 8.06. The first kappa shape index (κ1) is 17.4. The van der Waals surface area contributed by atoms with Gasteiger partial charge in [0.15, 0.2) is 0 Å². The van der Waals surface area contributed by atoms with Crippen LogP contribution in [0.25, 0.3) is 0 Å². The van der Waals surface area contributed by atoms with E-state index in [1.807, 2.05) is 24.3 Å². The molecule has 2 aromatic carbocycles. The molecule has 0 bridgehead atoms. The largest absolute Gasteiger partial charge is 0.447 e. The van der Waals surface area contributed by atoms with Crippen molar-refractivity contribution in [1.29, 1.82) is 0 Å². The summed E-state index contributed by atoms with van der Waals surface area (Å²) in [5, 5.41) is 13.4. The van der Waals surface area contributed by atoms with Gasteiger partial charge < -0.3 is 10.1 Å². The Morgan fingerprint density at radius 2 is 1.96 bits per heavy atom. The summed E-state index contributed by atoms with van der Waals surface area (Å²) in [5.74, 6) is -0.190. The van der Waals surface area contributed by atoms with Crippen molar-refractivity contribution >= 4 is 23.4 Å². The van der Waals surface area contributed by atoms with Crippen molar-refractivity contribution in [3.8, 4) is 0 Å². The molecule has 8 nitrogen and oxygen atoms in total. The van der Waals surface area contributed by atoms with Crippen LogP contribution in [0.5, 0.6) is 0 Å². The van der Waals surface area contributed by atoms with Gasteiger partial charge in [-0.3, -0.25) is 19.8 Å². The number of nitrogens with zero attached hydrogens (tertiary/aromatic N) is 2. The van der Waals surface area contributed by atoms with E-state index in [1.165, 1.54) is 12.1 Å². The summed E-state index contributed by atoms with van der Waals surface area (Å²) in [6.07, 6.45) is -0.236. The zero-order valence-electron chi connectivity index (χ0n) is 13.9. The van der Waals surface area contributed by atoms with E-state index in [1.54, 1.807) is 17.0 Å². The van der Waals surface area contributed by atoms with Crippen LogP contribution in [0.3, 0.4) is 0 Å². The number of hydrogen-bond donors (Lipinski definition) is 1. The molecular formula is C18H17N3O5. The predicted octanol–water partition coefficient (Wildman–Crippen LogP) is 2.41. The quantitative estimate of drug-likeness (QED) is 0.633. The minimum atomic E-state index is -0.479. The Hall–Kier alpha value is -3.42. The summed E-state index contributed by atoms with van der Waals surface area (Å²) in [7, 11) is 0. The van der Waals surface area contributed by atoms with Crippen LogP contribution in [0.1, 0.15) is 11.1 Å². The van der Waals surface area contributed by atoms with Gasteiger partial charge in [-0.25, -0.2) is 4.79 Å². The van der Waals surface area contributed by atoms with E-state index in [0.717, 1.165) is 11.3 Å². The summed E-state index contributed by atoms with van der Waals surface area (Å²) in [5.41, 5.74) is 2.28. The van der Waals surface area contributed by atoms with Crippen LogP contribution >= 0.6 is 0 Å². The average molecular weight is 355 g/mol. The maximum Gasteiger partial charge on any atom is 0.414 e. The van der Waals surface area contributed by atoms with Crippen molar-refractivity contribution in [2.45, 2.75) is 13.0 Å². The third-order valence-electron chi connectivity index (χ3n) is 3.98. The van der Waals surface area contributed by atoms with Gasteiger partial charge in [-0.2, -0.15) is 0 Å². The third kappa shape index (κ3) is 4.15. The van der Waals surface area contributed by atoms with Crippen LogP contribution < -0.4 is 10.2 Å². The Balaban J connectivity index is 1.56. The molecule has 0 unspecified atom stereocenters. The molecule has 1 N–H and O–H groups in total. The van der Waals surface area contributed by atoms with Crippen molar-refractivity contribution in [3.63, 3.8) is 0 Å². The molecule has 3 rings (SSSR count). The van der Waals surface area contributed by atoms with Crippen molar-refractivity contribution < 1.29 is 19.2 Å². The fourth-order valence-corrected chi connectivity index (χ4v) is 2.65. The first-order chi connectivity index (χ1) is 12.5. The number of carbonyl (C=O) groups is 2. The number of nitrogens with one attached hydrogen (secondary N) is 1. The Bertz CT molecular complexity index is 835. The lowest BCUT2D eigenvalue weighted by molar-refractivity contribution is -0.384. The van der Waals surface area contributed by atoms with Gasteiger partial charge in [0, 0.05) is 24.4 Å². The second-order valence-corrected chi connectivity index (χ2v) is 5.81. The molecule has 1 aliphatic rings. The first-order valence-electron chi connectivity index (χ1n) is 8.06. The number of cyclic esters (lactones) is 1. The fraction of sp³-hybridized carbons (Fsp3) is 0.222. The normalized spacial score (nSPS) is 13.4. The van der Waals surface area contributed by atoms with Crippen LogP contribution in [-0.4, -0.2) is 30.1 Å². The zero-order valence-corrected chi connectivity index (χ0v) is 13.9. The van der Waals surface area contributed by atoms with Crippen LogP contribution in [0.15, 0.2) is 48.5 Å². The molecule has 1 heterocycles. The van der Waals surface area contributed by atoms with Crippen LogP contribution in [-0.2, 0) is 22.5 Å². The van der Waals surface area contributed by atoms with Gasteiger partial charge >= 0.3 is 6.09 Å². The molecule has 1 aliphatic heterocycles. The molecule has 0 saturated carbocycles. The van der Waals surface area contributed by atoms with Crippen molar-refractivity contribution in [3.05, 3.63) is 69.8 Å².